The Kier molecular flexibility index (Phi) is 4.05. The van der Waals surface area contributed by atoms with E-state index in [2.05, 4.69) is 32.8 Å². The number of aryl methyl sites for hydroxylation is 2. The zero-order chi connectivity index (χ0) is 12.3. The monoisotopic (exact) mass is 298 g/mol. The molecule has 1 aliphatic rings. The molecule has 0 amide bonds. The van der Waals surface area contributed by atoms with E-state index >= 15 is 0 Å². The minimum Gasteiger partial charge on any atom is -0.492 e. The summed E-state index contributed by atoms with van der Waals surface area (Å²) in [5, 5.41) is 0. The number of carbonyl (C=O) groups is 1. The first kappa shape index (κ1) is 12.4. The second-order valence-corrected chi connectivity index (χ2v) is 5.19. The van der Waals surface area contributed by atoms with Crippen LogP contribution in [0.25, 0.3) is 0 Å². The highest BCUT2D eigenvalue weighted by molar-refractivity contribution is 9.10. The van der Waals surface area contributed by atoms with Crippen LogP contribution in [0.3, 0.4) is 0 Å². The second-order valence-electron chi connectivity index (χ2n) is 4.09. The van der Waals surface area contributed by atoms with Crippen molar-refractivity contribution in [2.75, 3.05) is 13.7 Å². The molecule has 1 aromatic rings. The van der Waals surface area contributed by atoms with Gasteiger partial charge < -0.3 is 9.47 Å². The molecule has 0 heterocycles. The number of hydrogen-bond acceptors (Lipinski definition) is 3. The molecule has 1 unspecified atom stereocenters. The van der Waals surface area contributed by atoms with Crippen molar-refractivity contribution in [3.05, 3.63) is 29.3 Å². The van der Waals surface area contributed by atoms with E-state index in [1.807, 2.05) is 6.07 Å². The first-order valence-electron chi connectivity index (χ1n) is 5.67. The molecule has 17 heavy (non-hydrogen) atoms. The van der Waals surface area contributed by atoms with Gasteiger partial charge in [0, 0.05) is 0 Å². The van der Waals surface area contributed by atoms with Crippen molar-refractivity contribution in [1.29, 1.82) is 0 Å². The SMILES string of the molecule is COC(=O)C(Br)COc1ccc2c(c1)CCC2. The van der Waals surface area contributed by atoms with Crippen molar-refractivity contribution >= 4 is 21.9 Å². The maximum Gasteiger partial charge on any atom is 0.322 e. The lowest BCUT2D eigenvalue weighted by Gasteiger charge is -2.11. The predicted molar refractivity (Wildman–Crippen MR) is 68.7 cm³/mol. The van der Waals surface area contributed by atoms with Gasteiger partial charge in [-0.15, -0.1) is 0 Å². The van der Waals surface area contributed by atoms with Crippen LogP contribution in [-0.2, 0) is 22.4 Å². The lowest BCUT2D eigenvalue weighted by atomic mass is 10.1. The Morgan fingerprint density at radius 2 is 2.18 bits per heavy atom. The van der Waals surface area contributed by atoms with Crippen LogP contribution in [0.2, 0.25) is 0 Å². The maximum atomic E-state index is 11.2. The summed E-state index contributed by atoms with van der Waals surface area (Å²) in [4.78, 5) is 10.8. The van der Waals surface area contributed by atoms with Crippen LogP contribution in [-0.4, -0.2) is 24.5 Å². The van der Waals surface area contributed by atoms with E-state index < -0.39 is 4.83 Å². The standard InChI is InChI=1S/C13H15BrO3/c1-16-13(15)12(14)8-17-11-6-5-9-3-2-4-10(9)7-11/h5-7,12H,2-4,8H2,1H3. The molecule has 1 aliphatic carbocycles. The summed E-state index contributed by atoms with van der Waals surface area (Å²) in [5.74, 6) is 0.505. The Bertz CT molecular complexity index is 417. The smallest absolute Gasteiger partial charge is 0.322 e. The lowest BCUT2D eigenvalue weighted by molar-refractivity contribution is -0.140. The molecular formula is C13H15BrO3. The molecule has 0 spiro atoms. The molecule has 0 saturated carbocycles. The summed E-state index contributed by atoms with van der Waals surface area (Å²) in [6.45, 7) is 0.283. The van der Waals surface area contributed by atoms with E-state index in [1.54, 1.807) is 0 Å². The minimum atomic E-state index is -0.416. The number of alkyl halides is 1. The summed E-state index contributed by atoms with van der Waals surface area (Å²) in [6, 6.07) is 6.14. The van der Waals surface area contributed by atoms with Crippen LogP contribution >= 0.6 is 15.9 Å². The summed E-state index contributed by atoms with van der Waals surface area (Å²) in [5.41, 5.74) is 2.78. The molecule has 1 atom stereocenters. The van der Waals surface area contributed by atoms with Crippen LogP contribution in [0.4, 0.5) is 0 Å². The predicted octanol–water partition coefficient (Wildman–Crippen LogP) is 2.49. The van der Waals surface area contributed by atoms with Gasteiger partial charge in [0.1, 0.15) is 17.2 Å². The molecule has 0 saturated heterocycles. The normalized spacial score (nSPS) is 15.2. The highest BCUT2D eigenvalue weighted by Crippen LogP contribution is 2.26. The van der Waals surface area contributed by atoms with Crippen molar-refractivity contribution in [2.24, 2.45) is 0 Å². The minimum absolute atomic E-state index is 0.283. The zero-order valence-electron chi connectivity index (χ0n) is 9.74. The second kappa shape index (κ2) is 5.54. The van der Waals surface area contributed by atoms with Gasteiger partial charge in [-0.25, -0.2) is 0 Å². The number of methoxy groups -OCH3 is 1. The van der Waals surface area contributed by atoms with Crippen LogP contribution in [0.1, 0.15) is 17.5 Å². The van der Waals surface area contributed by atoms with Crippen LogP contribution in [0.15, 0.2) is 18.2 Å². The first-order valence-corrected chi connectivity index (χ1v) is 6.59. The van der Waals surface area contributed by atoms with E-state index in [9.17, 15) is 4.79 Å². The molecule has 0 aliphatic heterocycles. The van der Waals surface area contributed by atoms with Gasteiger partial charge in [-0.1, -0.05) is 22.0 Å². The largest absolute Gasteiger partial charge is 0.492 e. The van der Waals surface area contributed by atoms with Gasteiger partial charge in [0.05, 0.1) is 7.11 Å². The number of fused-ring (bicyclic) bond motifs is 1. The number of benzene rings is 1. The number of hydrogen-bond donors (Lipinski definition) is 0. The summed E-state index contributed by atoms with van der Waals surface area (Å²) >= 11 is 3.22. The van der Waals surface area contributed by atoms with E-state index in [-0.39, 0.29) is 12.6 Å². The number of esters is 1. The molecule has 0 N–H and O–H groups in total. The Labute approximate surface area is 109 Å². The maximum absolute atomic E-state index is 11.2. The van der Waals surface area contributed by atoms with Crippen molar-refractivity contribution in [1.82, 2.24) is 0 Å². The Balaban J connectivity index is 1.93. The average Bonchev–Trinajstić information content (AvgIpc) is 2.82. The fourth-order valence-corrected chi connectivity index (χ4v) is 2.32. The van der Waals surface area contributed by atoms with Crippen LogP contribution in [0.5, 0.6) is 5.75 Å². The molecule has 2 rings (SSSR count). The topological polar surface area (TPSA) is 35.5 Å². The molecule has 0 radical (unpaired) electrons. The van der Waals surface area contributed by atoms with Crippen molar-refractivity contribution in [3.8, 4) is 5.75 Å². The van der Waals surface area contributed by atoms with Gasteiger partial charge in [0.2, 0.25) is 0 Å². The van der Waals surface area contributed by atoms with Gasteiger partial charge >= 0.3 is 5.97 Å². The van der Waals surface area contributed by atoms with Gasteiger partial charge in [0.15, 0.2) is 0 Å². The molecule has 92 valence electrons. The lowest BCUT2D eigenvalue weighted by Crippen LogP contribution is -2.22. The van der Waals surface area contributed by atoms with E-state index in [0.717, 1.165) is 12.2 Å². The Morgan fingerprint density at radius 1 is 1.41 bits per heavy atom. The third-order valence-electron chi connectivity index (χ3n) is 2.92. The number of ether oxygens (including phenoxy) is 2. The van der Waals surface area contributed by atoms with Gasteiger partial charge in [-0.2, -0.15) is 0 Å². The molecule has 0 bridgehead atoms. The van der Waals surface area contributed by atoms with E-state index in [0.29, 0.717) is 0 Å². The van der Waals surface area contributed by atoms with Crippen molar-refractivity contribution in [3.63, 3.8) is 0 Å². The third-order valence-corrected chi connectivity index (χ3v) is 3.56. The molecule has 0 aromatic heterocycles. The van der Waals surface area contributed by atoms with E-state index in [1.165, 1.54) is 31.1 Å². The molecule has 0 fully saturated rings. The van der Waals surface area contributed by atoms with Crippen molar-refractivity contribution < 1.29 is 14.3 Å². The van der Waals surface area contributed by atoms with Gasteiger partial charge in [0.25, 0.3) is 0 Å². The van der Waals surface area contributed by atoms with Crippen molar-refractivity contribution in [2.45, 2.75) is 24.1 Å². The zero-order valence-corrected chi connectivity index (χ0v) is 11.3. The number of halogens is 1. The quantitative estimate of drug-likeness (QED) is 0.633. The number of rotatable bonds is 4. The fraction of sp³-hybridized carbons (Fsp3) is 0.462. The molecule has 1 aromatic carbocycles. The molecule has 3 nitrogen and oxygen atoms in total. The average molecular weight is 299 g/mol. The van der Waals surface area contributed by atoms with Crippen LogP contribution in [0, 0.1) is 0 Å². The van der Waals surface area contributed by atoms with E-state index in [4.69, 9.17) is 4.74 Å². The summed E-state index contributed by atoms with van der Waals surface area (Å²) in [6.07, 6.45) is 3.52. The first-order chi connectivity index (χ1) is 8.20. The third kappa shape index (κ3) is 3.00. The number of carbonyl (C=O) groups excluding carboxylic acids is 1. The molecular weight excluding hydrogens is 284 g/mol. The Morgan fingerprint density at radius 3 is 2.94 bits per heavy atom. The Hall–Kier alpha value is -1.03. The summed E-state index contributed by atoms with van der Waals surface area (Å²) in [7, 11) is 1.37. The highest BCUT2D eigenvalue weighted by atomic mass is 79.9. The summed E-state index contributed by atoms with van der Waals surface area (Å²) < 4.78 is 10.2. The van der Waals surface area contributed by atoms with Gasteiger partial charge in [-0.05, 0) is 42.5 Å². The fourth-order valence-electron chi connectivity index (χ4n) is 2.00. The molecule has 4 heteroatoms. The van der Waals surface area contributed by atoms with Gasteiger partial charge in [-0.3, -0.25) is 4.79 Å². The highest BCUT2D eigenvalue weighted by Gasteiger charge is 2.16. The van der Waals surface area contributed by atoms with Crippen LogP contribution < -0.4 is 4.74 Å².